The smallest absolute Gasteiger partial charge is 0.475 e. The highest BCUT2D eigenvalue weighted by molar-refractivity contribution is 7.90. The number of anilines is 1. The number of cyclic esters (lactones) is 1. The zero-order chi connectivity index (χ0) is 23.3. The lowest BCUT2D eigenvalue weighted by atomic mass is 10.3. The summed E-state index contributed by atoms with van der Waals surface area (Å²) >= 11 is 0. The van der Waals surface area contributed by atoms with Crippen LogP contribution in [0.2, 0.25) is 0 Å². The summed E-state index contributed by atoms with van der Waals surface area (Å²) in [4.78, 5) is 33.6. The van der Waals surface area contributed by atoms with Crippen molar-refractivity contribution in [3.8, 4) is 0 Å². The van der Waals surface area contributed by atoms with E-state index in [1.807, 2.05) is 0 Å². The first-order chi connectivity index (χ1) is 13.6. The van der Waals surface area contributed by atoms with Gasteiger partial charge < -0.3 is 20.3 Å². The third-order valence-electron chi connectivity index (χ3n) is 3.48. The molecule has 2 atom stereocenters. The Bertz CT molecular complexity index is 885. The van der Waals surface area contributed by atoms with Crippen LogP contribution in [-0.4, -0.2) is 69.3 Å². The van der Waals surface area contributed by atoms with Gasteiger partial charge in [0.15, 0.2) is 15.9 Å². The molecular weight excluding hydrogens is 437 g/mol. The van der Waals surface area contributed by atoms with Crippen molar-refractivity contribution in [1.29, 1.82) is 0 Å². The van der Waals surface area contributed by atoms with Gasteiger partial charge in [-0.3, -0.25) is 9.69 Å². The first-order valence-electron chi connectivity index (χ1n) is 8.13. The Kier molecular flexibility index (Phi) is 8.18. The number of ether oxygens (including phenoxy) is 2. The molecular formula is C16H19F3N2O8S. The van der Waals surface area contributed by atoms with Crippen molar-refractivity contribution < 1.29 is 50.6 Å². The average Bonchev–Trinajstić information content (AvgIpc) is 2.99. The molecule has 1 aliphatic heterocycles. The number of hydrogen-bond acceptors (Lipinski definition) is 8. The summed E-state index contributed by atoms with van der Waals surface area (Å²) < 4.78 is 64.6. The van der Waals surface area contributed by atoms with Crippen LogP contribution in [0.3, 0.4) is 0 Å². The molecule has 1 aromatic rings. The van der Waals surface area contributed by atoms with Crippen LogP contribution in [0, 0.1) is 0 Å². The van der Waals surface area contributed by atoms with E-state index in [0.29, 0.717) is 5.69 Å². The van der Waals surface area contributed by atoms with Gasteiger partial charge in [0, 0.05) is 11.9 Å². The van der Waals surface area contributed by atoms with Crippen LogP contribution in [0.15, 0.2) is 29.2 Å². The number of carboxylic acid groups (broad SMARTS) is 1. The van der Waals surface area contributed by atoms with Gasteiger partial charge in [0.05, 0.1) is 11.4 Å². The second-order valence-electron chi connectivity index (χ2n) is 6.10. The van der Waals surface area contributed by atoms with E-state index >= 15 is 0 Å². The Morgan fingerprint density at radius 3 is 2.23 bits per heavy atom. The molecule has 0 bridgehead atoms. The van der Waals surface area contributed by atoms with E-state index in [1.54, 1.807) is 0 Å². The number of nitrogens with zero attached hydrogens (tertiary/aromatic N) is 1. The lowest BCUT2D eigenvalue weighted by Gasteiger charge is -2.13. The van der Waals surface area contributed by atoms with Gasteiger partial charge in [-0.15, -0.1) is 0 Å². The minimum absolute atomic E-state index is 0.0793. The molecule has 10 nitrogen and oxygen atoms in total. The van der Waals surface area contributed by atoms with E-state index in [9.17, 15) is 31.2 Å². The zero-order valence-electron chi connectivity index (χ0n) is 15.7. The number of carboxylic acids is 1. The molecule has 168 valence electrons. The maximum atomic E-state index is 11.9. The van der Waals surface area contributed by atoms with Crippen molar-refractivity contribution in [1.82, 2.24) is 0 Å². The summed E-state index contributed by atoms with van der Waals surface area (Å²) in [5.74, 6) is -3.33. The van der Waals surface area contributed by atoms with Crippen LogP contribution < -0.4 is 10.6 Å². The number of hydrogen-bond donors (Lipinski definition) is 2. The number of alkyl halides is 3. The molecule has 1 amide bonds. The Morgan fingerprint density at radius 2 is 1.83 bits per heavy atom. The Morgan fingerprint density at radius 1 is 1.33 bits per heavy atom. The van der Waals surface area contributed by atoms with E-state index in [2.05, 4.69) is 0 Å². The maximum Gasteiger partial charge on any atom is 0.490 e. The van der Waals surface area contributed by atoms with Crippen LogP contribution in [0.25, 0.3) is 0 Å². The van der Waals surface area contributed by atoms with Crippen LogP contribution in [0.4, 0.5) is 23.7 Å². The van der Waals surface area contributed by atoms with Gasteiger partial charge in [-0.25, -0.2) is 18.0 Å². The minimum Gasteiger partial charge on any atom is -0.475 e. The highest BCUT2D eigenvalue weighted by Crippen LogP contribution is 2.23. The monoisotopic (exact) mass is 456 g/mol. The fraction of sp³-hybridized carbons (Fsp3) is 0.438. The van der Waals surface area contributed by atoms with E-state index in [-0.39, 0.29) is 18.0 Å². The van der Waals surface area contributed by atoms with Crippen molar-refractivity contribution in [2.75, 3.05) is 24.3 Å². The first kappa shape index (κ1) is 25.2. The van der Waals surface area contributed by atoms with Gasteiger partial charge in [-0.05, 0) is 31.2 Å². The van der Waals surface area contributed by atoms with Gasteiger partial charge in [-0.1, -0.05) is 0 Å². The van der Waals surface area contributed by atoms with Crippen LogP contribution in [0.1, 0.15) is 6.92 Å². The van der Waals surface area contributed by atoms with Crippen molar-refractivity contribution in [3.63, 3.8) is 0 Å². The van der Waals surface area contributed by atoms with Gasteiger partial charge in [0.1, 0.15) is 12.6 Å². The molecule has 1 fully saturated rings. The average molecular weight is 456 g/mol. The first-order valence-corrected chi connectivity index (χ1v) is 10.0. The highest BCUT2D eigenvalue weighted by Gasteiger charge is 2.38. The number of esters is 1. The second kappa shape index (κ2) is 9.75. The molecule has 30 heavy (non-hydrogen) atoms. The third kappa shape index (κ3) is 7.51. The van der Waals surface area contributed by atoms with E-state index < -0.39 is 46.2 Å². The number of carbonyl (C=O) groups is 3. The minimum atomic E-state index is -5.08. The topological polar surface area (TPSA) is 153 Å². The van der Waals surface area contributed by atoms with Crippen molar-refractivity contribution in [2.45, 2.75) is 30.1 Å². The number of amides is 1. The Balaban J connectivity index is 0.000000553. The highest BCUT2D eigenvalue weighted by atomic mass is 32.2. The summed E-state index contributed by atoms with van der Waals surface area (Å²) in [6.45, 7) is 1.62. The fourth-order valence-electron chi connectivity index (χ4n) is 2.00. The number of aliphatic carboxylic acids is 1. The lowest BCUT2D eigenvalue weighted by molar-refractivity contribution is -0.192. The van der Waals surface area contributed by atoms with E-state index in [1.165, 1.54) is 36.1 Å². The molecule has 0 aliphatic carbocycles. The van der Waals surface area contributed by atoms with Gasteiger partial charge >= 0.3 is 24.2 Å². The van der Waals surface area contributed by atoms with Crippen LogP contribution in [-0.2, 0) is 28.9 Å². The predicted molar refractivity (Wildman–Crippen MR) is 95.5 cm³/mol. The number of benzene rings is 1. The second-order valence-corrected chi connectivity index (χ2v) is 8.12. The Labute approximate surface area is 169 Å². The summed E-state index contributed by atoms with van der Waals surface area (Å²) in [6, 6.07) is 5.14. The molecule has 1 saturated heterocycles. The predicted octanol–water partition coefficient (Wildman–Crippen LogP) is 0.939. The van der Waals surface area contributed by atoms with Gasteiger partial charge in [0.25, 0.3) is 0 Å². The third-order valence-corrected chi connectivity index (χ3v) is 4.60. The summed E-state index contributed by atoms with van der Waals surface area (Å²) in [5, 5.41) is 7.12. The molecule has 14 heteroatoms. The molecule has 1 aliphatic rings. The number of carbonyl (C=O) groups excluding carboxylic acids is 2. The quantitative estimate of drug-likeness (QED) is 0.616. The van der Waals surface area contributed by atoms with Gasteiger partial charge in [0.2, 0.25) is 0 Å². The van der Waals surface area contributed by atoms with Crippen molar-refractivity contribution >= 4 is 33.6 Å². The van der Waals surface area contributed by atoms with Crippen LogP contribution in [0.5, 0.6) is 0 Å². The van der Waals surface area contributed by atoms with Crippen molar-refractivity contribution in [2.24, 2.45) is 5.73 Å². The maximum absolute atomic E-state index is 11.9. The normalized spacial score (nSPS) is 17.5. The van der Waals surface area contributed by atoms with Crippen LogP contribution >= 0.6 is 0 Å². The van der Waals surface area contributed by atoms with Crippen molar-refractivity contribution in [3.05, 3.63) is 24.3 Å². The summed E-state index contributed by atoms with van der Waals surface area (Å²) in [6.07, 6.45) is -5.16. The standard InChI is InChI=1S/C14H18N2O6S.C2HF3O2/c1-9(15)13(17)21-8-11-7-16(14(18)22-11)10-3-5-12(6-4-10)23(2,19)20;3-2(4,5)1(6)7/h3-6,9,11H,7-8,15H2,1-2H3;(H,6,7)/t9-,11?;/m0./s1. The number of sulfone groups is 1. The van der Waals surface area contributed by atoms with E-state index in [0.717, 1.165) is 6.26 Å². The molecule has 1 aromatic carbocycles. The molecule has 2 rings (SSSR count). The largest absolute Gasteiger partial charge is 0.490 e. The number of nitrogens with two attached hydrogens (primary N) is 1. The lowest BCUT2D eigenvalue weighted by Crippen LogP contribution is -2.32. The molecule has 1 unspecified atom stereocenters. The summed E-state index contributed by atoms with van der Waals surface area (Å²) in [5.41, 5.74) is 5.88. The SMILES string of the molecule is C[C@H](N)C(=O)OCC1CN(c2ccc(S(C)(=O)=O)cc2)C(=O)O1.O=C(O)C(F)(F)F. The fourth-order valence-corrected chi connectivity index (χ4v) is 2.63. The molecule has 0 spiro atoms. The Hall–Kier alpha value is -2.87. The molecule has 0 aromatic heterocycles. The summed E-state index contributed by atoms with van der Waals surface area (Å²) in [7, 11) is -3.30. The molecule has 0 saturated carbocycles. The number of halogens is 3. The van der Waals surface area contributed by atoms with Gasteiger partial charge in [-0.2, -0.15) is 13.2 Å². The molecule has 1 heterocycles. The number of rotatable bonds is 5. The molecule has 0 radical (unpaired) electrons. The molecule has 3 N–H and O–H groups in total. The zero-order valence-corrected chi connectivity index (χ0v) is 16.6. The van der Waals surface area contributed by atoms with E-state index in [4.69, 9.17) is 25.1 Å².